The Kier molecular flexibility index (Phi) is 8.69. The number of nitrogens with zero attached hydrogens (tertiary/aromatic N) is 4. The predicted molar refractivity (Wildman–Crippen MR) is 153 cm³/mol. The first-order valence-corrected chi connectivity index (χ1v) is 13.8. The number of piperidine rings is 1. The number of thiocarbonyl (C=S) groups is 1. The molecule has 0 saturated carbocycles. The molecular formula is C28H30N4O4S2. The lowest BCUT2D eigenvalue weighted by molar-refractivity contribution is -0.148. The highest BCUT2D eigenvalue weighted by molar-refractivity contribution is 8.26. The number of anilines is 1. The molecule has 1 aromatic carbocycles. The third kappa shape index (κ3) is 5.54. The molecule has 0 radical (unpaired) electrons. The molecule has 1 aromatic heterocycles. The Bertz CT molecular complexity index is 1390. The van der Waals surface area contributed by atoms with Crippen molar-refractivity contribution in [2.24, 2.45) is 13.0 Å². The van der Waals surface area contributed by atoms with Crippen molar-refractivity contribution in [3.8, 4) is 6.07 Å². The molecule has 2 aliphatic rings. The number of nitriles is 1. The molecule has 2 aliphatic heterocycles. The molecule has 2 aromatic rings. The van der Waals surface area contributed by atoms with Gasteiger partial charge < -0.3 is 9.64 Å². The molecule has 3 heterocycles. The van der Waals surface area contributed by atoms with Gasteiger partial charge in [-0.05, 0) is 50.3 Å². The Labute approximate surface area is 231 Å². The van der Waals surface area contributed by atoms with Crippen molar-refractivity contribution in [3.05, 3.63) is 67.8 Å². The maximum Gasteiger partial charge on any atom is 0.309 e. The minimum atomic E-state index is -0.389. The van der Waals surface area contributed by atoms with Gasteiger partial charge in [-0.3, -0.25) is 23.9 Å². The number of thioether (sulfide) groups is 1. The molecule has 0 bridgehead atoms. The van der Waals surface area contributed by atoms with E-state index in [0.717, 1.165) is 5.56 Å². The third-order valence-corrected chi connectivity index (χ3v) is 8.38. The van der Waals surface area contributed by atoms with Gasteiger partial charge in [-0.1, -0.05) is 54.3 Å². The molecule has 0 N–H and O–H groups in total. The van der Waals surface area contributed by atoms with Crippen molar-refractivity contribution in [2.45, 2.75) is 33.1 Å². The zero-order chi connectivity index (χ0) is 27.4. The fraction of sp³-hybridized carbons (Fsp3) is 0.393. The van der Waals surface area contributed by atoms with E-state index in [9.17, 15) is 19.6 Å². The van der Waals surface area contributed by atoms with E-state index in [4.69, 9.17) is 17.0 Å². The van der Waals surface area contributed by atoms with Gasteiger partial charge in [0.15, 0.2) is 0 Å². The van der Waals surface area contributed by atoms with E-state index in [2.05, 4.69) is 0 Å². The van der Waals surface area contributed by atoms with Gasteiger partial charge in [0.2, 0.25) is 0 Å². The average Bonchev–Trinajstić information content (AvgIpc) is 3.19. The quantitative estimate of drug-likeness (QED) is 0.292. The molecule has 0 unspecified atom stereocenters. The van der Waals surface area contributed by atoms with E-state index < -0.39 is 0 Å². The summed E-state index contributed by atoms with van der Waals surface area (Å²) in [6.07, 6.45) is 3.61. The van der Waals surface area contributed by atoms with E-state index in [1.165, 1.54) is 16.3 Å². The number of pyridine rings is 1. The second-order valence-corrected chi connectivity index (χ2v) is 11.0. The molecule has 2 fully saturated rings. The number of aromatic nitrogens is 1. The number of benzene rings is 1. The zero-order valence-electron chi connectivity index (χ0n) is 21.7. The van der Waals surface area contributed by atoms with Gasteiger partial charge in [0.25, 0.3) is 11.5 Å². The summed E-state index contributed by atoms with van der Waals surface area (Å²) in [7, 11) is 1.64. The molecule has 198 valence electrons. The summed E-state index contributed by atoms with van der Waals surface area (Å²) >= 11 is 6.76. The van der Waals surface area contributed by atoms with Crippen LogP contribution < -0.4 is 10.5 Å². The highest BCUT2D eigenvalue weighted by Crippen LogP contribution is 2.36. The summed E-state index contributed by atoms with van der Waals surface area (Å²) in [5, 5.41) is 9.72. The molecule has 10 heteroatoms. The summed E-state index contributed by atoms with van der Waals surface area (Å²) in [4.78, 5) is 42.8. The minimum absolute atomic E-state index is 0.0449. The number of carbonyl (C=O) groups excluding carboxylic acids is 2. The molecule has 38 heavy (non-hydrogen) atoms. The highest BCUT2D eigenvalue weighted by atomic mass is 32.2. The first kappa shape index (κ1) is 27.6. The molecule has 4 rings (SSSR count). The smallest absolute Gasteiger partial charge is 0.309 e. The lowest BCUT2D eigenvalue weighted by Gasteiger charge is -2.35. The number of esters is 1. The topological polar surface area (TPSA) is 95.6 Å². The second kappa shape index (κ2) is 12.0. The minimum Gasteiger partial charge on any atom is -0.466 e. The van der Waals surface area contributed by atoms with Gasteiger partial charge in [0.1, 0.15) is 21.8 Å². The van der Waals surface area contributed by atoms with Crippen molar-refractivity contribution >= 4 is 52.1 Å². The van der Waals surface area contributed by atoms with Gasteiger partial charge in [-0.2, -0.15) is 5.26 Å². The fourth-order valence-corrected chi connectivity index (χ4v) is 6.18. The Morgan fingerprint density at radius 3 is 2.55 bits per heavy atom. The lowest BCUT2D eigenvalue weighted by atomic mass is 9.95. The van der Waals surface area contributed by atoms with E-state index in [-0.39, 0.29) is 28.9 Å². The first-order valence-electron chi connectivity index (χ1n) is 12.6. The van der Waals surface area contributed by atoms with Gasteiger partial charge in [-0.15, -0.1) is 0 Å². The second-order valence-electron chi connectivity index (χ2n) is 9.30. The number of rotatable bonds is 7. The fourth-order valence-electron chi connectivity index (χ4n) is 4.89. The SMILES string of the molecule is CCOC(=O)C1CCN(c2c(C=C3SC(=S)N(CCc4ccccc4)C3=O)c(C)c(C#N)c(=O)n2C)CC1. The summed E-state index contributed by atoms with van der Waals surface area (Å²) in [5.41, 5.74) is 1.93. The van der Waals surface area contributed by atoms with Crippen LogP contribution in [-0.2, 0) is 27.8 Å². The van der Waals surface area contributed by atoms with Crippen LogP contribution in [0.1, 0.15) is 42.0 Å². The van der Waals surface area contributed by atoms with E-state index in [0.29, 0.717) is 71.7 Å². The van der Waals surface area contributed by atoms with Crippen LogP contribution in [0.4, 0.5) is 5.82 Å². The Morgan fingerprint density at radius 2 is 1.92 bits per heavy atom. The number of amides is 1. The largest absolute Gasteiger partial charge is 0.466 e. The molecule has 0 aliphatic carbocycles. The predicted octanol–water partition coefficient (Wildman–Crippen LogP) is 3.79. The average molecular weight is 551 g/mol. The van der Waals surface area contributed by atoms with Crippen LogP contribution in [0.5, 0.6) is 0 Å². The van der Waals surface area contributed by atoms with Gasteiger partial charge in [0, 0.05) is 32.2 Å². The lowest BCUT2D eigenvalue weighted by Crippen LogP contribution is -2.40. The molecule has 0 atom stereocenters. The molecule has 0 spiro atoms. The van der Waals surface area contributed by atoms with Crippen molar-refractivity contribution in [1.29, 1.82) is 5.26 Å². The number of carbonyl (C=O) groups is 2. The van der Waals surface area contributed by atoms with E-state index in [1.807, 2.05) is 41.3 Å². The van der Waals surface area contributed by atoms with Crippen LogP contribution in [-0.4, -0.2) is 51.9 Å². The van der Waals surface area contributed by atoms with E-state index >= 15 is 0 Å². The van der Waals surface area contributed by atoms with Crippen LogP contribution in [0.3, 0.4) is 0 Å². The van der Waals surface area contributed by atoms with Crippen LogP contribution >= 0.6 is 24.0 Å². The molecule has 1 amide bonds. The van der Waals surface area contributed by atoms with Gasteiger partial charge in [-0.25, -0.2) is 0 Å². The number of hydrogen-bond acceptors (Lipinski definition) is 8. The molecular weight excluding hydrogens is 520 g/mol. The Hall–Kier alpha value is -3.42. The first-order chi connectivity index (χ1) is 18.3. The van der Waals surface area contributed by atoms with Crippen LogP contribution in [0.15, 0.2) is 40.0 Å². The summed E-state index contributed by atoms with van der Waals surface area (Å²) in [6.45, 7) is 5.42. The van der Waals surface area contributed by atoms with Crippen LogP contribution in [0.2, 0.25) is 0 Å². The van der Waals surface area contributed by atoms with E-state index in [1.54, 1.807) is 31.9 Å². The normalized spacial score (nSPS) is 17.3. The summed E-state index contributed by atoms with van der Waals surface area (Å²) in [5.74, 6) is 0.0569. The van der Waals surface area contributed by atoms with Gasteiger partial charge >= 0.3 is 5.97 Å². The third-order valence-electron chi connectivity index (χ3n) is 7.00. The maximum atomic E-state index is 13.4. The van der Waals surface area contributed by atoms with Crippen LogP contribution in [0, 0.1) is 24.2 Å². The summed E-state index contributed by atoms with van der Waals surface area (Å²) in [6, 6.07) is 11.9. The summed E-state index contributed by atoms with van der Waals surface area (Å²) < 4.78 is 7.15. The van der Waals surface area contributed by atoms with Crippen LogP contribution in [0.25, 0.3) is 6.08 Å². The maximum absolute atomic E-state index is 13.4. The Balaban J connectivity index is 1.66. The van der Waals surface area contributed by atoms with Crippen molar-refractivity contribution in [3.63, 3.8) is 0 Å². The number of hydrogen-bond donors (Lipinski definition) is 0. The monoisotopic (exact) mass is 550 g/mol. The van der Waals surface area contributed by atoms with Crippen molar-refractivity contribution in [2.75, 3.05) is 31.1 Å². The number of ether oxygens (including phenoxy) is 1. The highest BCUT2D eigenvalue weighted by Gasteiger charge is 2.34. The molecule has 8 nitrogen and oxygen atoms in total. The van der Waals surface area contributed by atoms with Crippen molar-refractivity contribution in [1.82, 2.24) is 9.47 Å². The molecule has 2 saturated heterocycles. The standard InChI is InChI=1S/C28H30N4O4S2/c1-4-36-27(35)20-11-13-31(14-12-20)24-21(18(2)22(17-29)25(33)30(24)3)16-23-26(34)32(28(37)38-23)15-10-19-8-6-5-7-9-19/h5-9,16,20H,4,10-15H2,1-3H3. The van der Waals surface area contributed by atoms with Crippen molar-refractivity contribution < 1.29 is 14.3 Å². The zero-order valence-corrected chi connectivity index (χ0v) is 23.4. The Morgan fingerprint density at radius 1 is 1.24 bits per heavy atom. The van der Waals surface area contributed by atoms with Gasteiger partial charge in [0.05, 0.1) is 17.4 Å².